The Kier molecular flexibility index (Phi) is 5.31. The number of hydrogen-bond acceptors (Lipinski definition) is 4. The van der Waals surface area contributed by atoms with Crippen LogP contribution in [-0.4, -0.2) is 17.1 Å². The molecular weight excluding hydrogens is 293 g/mol. The molecule has 0 radical (unpaired) electrons. The average Bonchev–Trinajstić information content (AvgIpc) is 2.44. The molecule has 2 aromatic rings. The molecule has 1 aromatic carbocycles. The molecule has 1 aromatic heterocycles. The predicted molar refractivity (Wildman–Crippen MR) is 89.7 cm³/mol. The summed E-state index contributed by atoms with van der Waals surface area (Å²) in [5.41, 5.74) is 1.82. The Balaban J connectivity index is 2.33. The van der Waals surface area contributed by atoms with E-state index in [0.717, 1.165) is 17.1 Å². The lowest BCUT2D eigenvalue weighted by molar-refractivity contribution is 0.177. The predicted octanol–water partition coefficient (Wildman–Crippen LogP) is 4.27. The first-order valence-corrected chi connectivity index (χ1v) is 7.65. The molecule has 0 aliphatic carbocycles. The van der Waals surface area contributed by atoms with Gasteiger partial charge in [0.15, 0.2) is 5.82 Å². The molecule has 2 rings (SSSR count). The van der Waals surface area contributed by atoms with Gasteiger partial charge in [-0.05, 0) is 30.0 Å². The van der Waals surface area contributed by atoms with Crippen LogP contribution in [0.3, 0.4) is 0 Å². The minimum atomic E-state index is -0.235. The molecule has 0 amide bonds. The van der Waals surface area contributed by atoms with Crippen molar-refractivity contribution >= 4 is 5.82 Å². The molecule has 0 saturated heterocycles. The van der Waals surface area contributed by atoms with E-state index in [2.05, 4.69) is 36.1 Å². The first kappa shape index (κ1) is 17.3. The maximum Gasteiger partial charge on any atom is 0.156 e. The van der Waals surface area contributed by atoms with Crippen molar-refractivity contribution in [2.24, 2.45) is 5.41 Å². The number of nitrogens with one attached hydrogen (secondary N) is 1. The molecule has 1 atom stereocenters. The number of halogens is 1. The molecule has 0 aliphatic rings. The van der Waals surface area contributed by atoms with Crippen LogP contribution in [0.25, 0.3) is 0 Å². The zero-order chi connectivity index (χ0) is 17.0. The third-order valence-electron chi connectivity index (χ3n) is 3.54. The summed E-state index contributed by atoms with van der Waals surface area (Å²) in [6, 6.07) is 8.48. The summed E-state index contributed by atoms with van der Waals surface area (Å²) in [7, 11) is 1.62. The Morgan fingerprint density at radius 3 is 2.39 bits per heavy atom. The van der Waals surface area contributed by atoms with Crippen LogP contribution < -0.4 is 5.32 Å². The molecule has 1 heterocycles. The maximum absolute atomic E-state index is 13.2. The first-order chi connectivity index (χ1) is 10.8. The lowest BCUT2D eigenvalue weighted by Gasteiger charge is -2.32. The summed E-state index contributed by atoms with van der Waals surface area (Å²) in [4.78, 5) is 8.85. The van der Waals surface area contributed by atoms with Gasteiger partial charge in [-0.3, -0.25) is 0 Å². The van der Waals surface area contributed by atoms with Crippen molar-refractivity contribution in [2.45, 2.75) is 40.3 Å². The number of benzene rings is 1. The number of hydrogen-bond donors (Lipinski definition) is 1. The molecule has 0 saturated carbocycles. The van der Waals surface area contributed by atoms with E-state index in [4.69, 9.17) is 4.74 Å². The van der Waals surface area contributed by atoms with Crippen LogP contribution in [0.4, 0.5) is 10.2 Å². The highest BCUT2D eigenvalue weighted by Crippen LogP contribution is 2.35. The summed E-state index contributed by atoms with van der Waals surface area (Å²) < 4.78 is 18.3. The summed E-state index contributed by atoms with van der Waals surface area (Å²) >= 11 is 0. The van der Waals surface area contributed by atoms with Crippen LogP contribution in [-0.2, 0) is 11.3 Å². The molecule has 124 valence electrons. The van der Waals surface area contributed by atoms with E-state index >= 15 is 0 Å². The minimum absolute atomic E-state index is 0.00667. The van der Waals surface area contributed by atoms with E-state index in [1.807, 2.05) is 25.1 Å². The largest absolute Gasteiger partial charge is 0.377 e. The fraction of sp³-hybridized carbons (Fsp3) is 0.444. The van der Waals surface area contributed by atoms with Crippen LogP contribution in [0.2, 0.25) is 0 Å². The van der Waals surface area contributed by atoms with Gasteiger partial charge in [0.1, 0.15) is 18.2 Å². The molecule has 23 heavy (non-hydrogen) atoms. The van der Waals surface area contributed by atoms with E-state index in [9.17, 15) is 4.39 Å². The standard InChI is InChI=1S/C18H24FN3O/c1-12-10-15(21-16(20-12)11-23-5)22-17(18(2,3)4)13-6-8-14(19)9-7-13/h6-10,17H,11H2,1-5H3,(H,20,21,22). The maximum atomic E-state index is 13.2. The van der Waals surface area contributed by atoms with Gasteiger partial charge in [0.2, 0.25) is 0 Å². The number of methoxy groups -OCH3 is 1. The second kappa shape index (κ2) is 7.04. The molecule has 0 fully saturated rings. The van der Waals surface area contributed by atoms with Gasteiger partial charge in [0.05, 0.1) is 6.04 Å². The van der Waals surface area contributed by atoms with Crippen molar-refractivity contribution in [1.82, 2.24) is 9.97 Å². The molecule has 0 aliphatic heterocycles. The summed E-state index contributed by atoms with van der Waals surface area (Å²) in [6.07, 6.45) is 0. The Morgan fingerprint density at radius 2 is 1.83 bits per heavy atom. The van der Waals surface area contributed by atoms with Gasteiger partial charge in [0, 0.05) is 18.9 Å². The molecule has 5 heteroatoms. The van der Waals surface area contributed by atoms with E-state index in [1.165, 1.54) is 12.1 Å². The lowest BCUT2D eigenvalue weighted by Crippen LogP contribution is -2.26. The number of ether oxygens (including phenoxy) is 1. The summed E-state index contributed by atoms with van der Waals surface area (Å²) in [5.74, 6) is 1.15. The Morgan fingerprint density at radius 1 is 1.17 bits per heavy atom. The quantitative estimate of drug-likeness (QED) is 0.894. The molecule has 4 nitrogen and oxygen atoms in total. The summed E-state index contributed by atoms with van der Waals surface area (Å²) in [6.45, 7) is 8.71. The van der Waals surface area contributed by atoms with Crippen molar-refractivity contribution < 1.29 is 9.13 Å². The highest BCUT2D eigenvalue weighted by Gasteiger charge is 2.26. The second-order valence-corrected chi connectivity index (χ2v) is 6.74. The van der Waals surface area contributed by atoms with E-state index in [0.29, 0.717) is 12.4 Å². The van der Waals surface area contributed by atoms with Crippen LogP contribution >= 0.6 is 0 Å². The number of rotatable bonds is 5. The molecular formula is C18H24FN3O. The van der Waals surface area contributed by atoms with Crippen LogP contribution in [0, 0.1) is 18.2 Å². The zero-order valence-electron chi connectivity index (χ0n) is 14.4. The van der Waals surface area contributed by atoms with E-state index < -0.39 is 0 Å². The molecule has 0 spiro atoms. The number of anilines is 1. The van der Waals surface area contributed by atoms with Gasteiger partial charge < -0.3 is 10.1 Å². The highest BCUT2D eigenvalue weighted by molar-refractivity contribution is 5.40. The topological polar surface area (TPSA) is 47.0 Å². The Bertz CT molecular complexity index is 650. The first-order valence-electron chi connectivity index (χ1n) is 7.65. The molecule has 1 N–H and O–H groups in total. The van der Waals surface area contributed by atoms with Gasteiger partial charge >= 0.3 is 0 Å². The van der Waals surface area contributed by atoms with Crippen LogP contribution in [0.5, 0.6) is 0 Å². The normalized spacial score (nSPS) is 13.0. The highest BCUT2D eigenvalue weighted by atomic mass is 19.1. The van der Waals surface area contributed by atoms with Crippen LogP contribution in [0.15, 0.2) is 30.3 Å². The SMILES string of the molecule is COCc1nc(C)cc(NC(c2ccc(F)cc2)C(C)(C)C)n1. The lowest BCUT2D eigenvalue weighted by atomic mass is 9.82. The van der Waals surface area contributed by atoms with Crippen molar-refractivity contribution in [2.75, 3.05) is 12.4 Å². The third-order valence-corrected chi connectivity index (χ3v) is 3.54. The minimum Gasteiger partial charge on any atom is -0.377 e. The van der Waals surface area contributed by atoms with Gasteiger partial charge in [-0.15, -0.1) is 0 Å². The van der Waals surface area contributed by atoms with Crippen molar-refractivity contribution in [3.63, 3.8) is 0 Å². The number of aromatic nitrogens is 2. The third kappa shape index (κ3) is 4.73. The van der Waals surface area contributed by atoms with E-state index in [-0.39, 0.29) is 17.3 Å². The van der Waals surface area contributed by atoms with Crippen LogP contribution in [0.1, 0.15) is 43.9 Å². The molecule has 0 bridgehead atoms. The Labute approximate surface area is 137 Å². The molecule has 1 unspecified atom stereocenters. The second-order valence-electron chi connectivity index (χ2n) is 6.74. The van der Waals surface area contributed by atoms with Gasteiger partial charge in [0.25, 0.3) is 0 Å². The number of aryl methyl sites for hydroxylation is 1. The smallest absolute Gasteiger partial charge is 0.156 e. The number of nitrogens with zero attached hydrogens (tertiary/aromatic N) is 2. The Hall–Kier alpha value is -2.01. The average molecular weight is 317 g/mol. The fourth-order valence-corrected chi connectivity index (χ4v) is 2.50. The fourth-order valence-electron chi connectivity index (χ4n) is 2.50. The van der Waals surface area contributed by atoms with Crippen molar-refractivity contribution in [1.29, 1.82) is 0 Å². The van der Waals surface area contributed by atoms with Crippen molar-refractivity contribution in [3.05, 3.63) is 53.2 Å². The zero-order valence-corrected chi connectivity index (χ0v) is 14.4. The monoisotopic (exact) mass is 317 g/mol. The van der Waals surface area contributed by atoms with Gasteiger partial charge in [-0.1, -0.05) is 32.9 Å². The van der Waals surface area contributed by atoms with Gasteiger partial charge in [-0.25, -0.2) is 14.4 Å². The van der Waals surface area contributed by atoms with Crippen molar-refractivity contribution in [3.8, 4) is 0 Å². The summed E-state index contributed by atoms with van der Waals surface area (Å²) in [5, 5.41) is 3.47. The van der Waals surface area contributed by atoms with Gasteiger partial charge in [-0.2, -0.15) is 0 Å². The van der Waals surface area contributed by atoms with E-state index in [1.54, 1.807) is 7.11 Å².